The van der Waals surface area contributed by atoms with Crippen LogP contribution in [0.25, 0.3) is 0 Å². The van der Waals surface area contributed by atoms with Crippen molar-refractivity contribution >= 4 is 17.5 Å². The minimum absolute atomic E-state index is 0.0457. The number of amides is 1. The van der Waals surface area contributed by atoms with Crippen molar-refractivity contribution in [3.05, 3.63) is 57.7 Å². The maximum absolute atomic E-state index is 12.4. The van der Waals surface area contributed by atoms with E-state index >= 15 is 0 Å². The highest BCUT2D eigenvalue weighted by Crippen LogP contribution is 2.28. The summed E-state index contributed by atoms with van der Waals surface area (Å²) >= 11 is 0. The molecule has 0 N–H and O–H groups in total. The van der Waals surface area contributed by atoms with Crippen LogP contribution < -0.4 is 0 Å². The molecule has 4 nitrogen and oxygen atoms in total. The number of nitrogens with zero attached hydrogens (tertiary/aromatic N) is 1. The Labute approximate surface area is 148 Å². The maximum Gasteiger partial charge on any atom is 0.223 e. The first-order chi connectivity index (χ1) is 11.9. The monoisotopic (exact) mass is 337 g/mol. The Morgan fingerprint density at radius 3 is 2.08 bits per heavy atom. The van der Waals surface area contributed by atoms with Gasteiger partial charge in [0.2, 0.25) is 5.91 Å². The molecule has 1 amide bonds. The molecule has 0 aromatic heterocycles. The van der Waals surface area contributed by atoms with Crippen LogP contribution in [0.3, 0.4) is 0 Å². The van der Waals surface area contributed by atoms with Gasteiger partial charge in [-0.3, -0.25) is 14.4 Å². The van der Waals surface area contributed by atoms with Gasteiger partial charge in [0.15, 0.2) is 11.6 Å². The van der Waals surface area contributed by atoms with Gasteiger partial charge in [0.05, 0.1) is 0 Å². The van der Waals surface area contributed by atoms with Gasteiger partial charge in [-0.2, -0.15) is 0 Å². The minimum Gasteiger partial charge on any atom is -0.334 e. The summed E-state index contributed by atoms with van der Waals surface area (Å²) in [7, 11) is 0. The summed E-state index contributed by atoms with van der Waals surface area (Å²) < 4.78 is 0. The van der Waals surface area contributed by atoms with E-state index < -0.39 is 0 Å². The Morgan fingerprint density at radius 1 is 0.920 bits per heavy atom. The Balaban J connectivity index is 1.58. The van der Waals surface area contributed by atoms with E-state index in [0.717, 1.165) is 0 Å². The van der Waals surface area contributed by atoms with E-state index in [-0.39, 0.29) is 17.5 Å². The van der Waals surface area contributed by atoms with Crippen LogP contribution in [0.1, 0.15) is 51.2 Å². The highest BCUT2D eigenvalue weighted by atomic mass is 16.2. The van der Waals surface area contributed by atoms with Crippen molar-refractivity contribution in [3.8, 4) is 0 Å². The lowest BCUT2D eigenvalue weighted by Crippen LogP contribution is -2.25. The Hall–Kier alpha value is -2.49. The lowest BCUT2D eigenvalue weighted by atomic mass is 9.84. The number of allylic oxidation sites excluding steroid dienone is 4. The number of fused-ring (bicyclic) bond motifs is 1. The predicted octanol–water partition coefficient (Wildman–Crippen LogP) is 3.50. The molecule has 0 atom stereocenters. The van der Waals surface area contributed by atoms with Crippen LogP contribution in [-0.4, -0.2) is 22.4 Å². The van der Waals surface area contributed by atoms with Crippen LogP contribution in [-0.2, 0) is 27.5 Å². The summed E-state index contributed by atoms with van der Waals surface area (Å²) in [5.74, 6) is 0.0107. The summed E-state index contributed by atoms with van der Waals surface area (Å²) in [6.45, 7) is 6.44. The molecule has 0 saturated heterocycles. The van der Waals surface area contributed by atoms with Crippen LogP contribution in [0.4, 0.5) is 0 Å². The van der Waals surface area contributed by atoms with Gasteiger partial charge in [-0.25, -0.2) is 0 Å². The van der Waals surface area contributed by atoms with E-state index in [1.165, 1.54) is 11.1 Å². The molecule has 0 radical (unpaired) electrons. The quantitative estimate of drug-likeness (QED) is 0.790. The van der Waals surface area contributed by atoms with Gasteiger partial charge in [0.1, 0.15) is 0 Å². The molecule has 0 bridgehead atoms. The van der Waals surface area contributed by atoms with E-state index in [2.05, 4.69) is 12.1 Å². The largest absolute Gasteiger partial charge is 0.334 e. The number of hydrogen-bond acceptors (Lipinski definition) is 3. The lowest BCUT2D eigenvalue weighted by Gasteiger charge is -2.19. The number of carbonyl (C=O) groups excluding carboxylic acids is 3. The molecule has 1 heterocycles. The minimum atomic E-state index is -0.0478. The van der Waals surface area contributed by atoms with Crippen molar-refractivity contribution in [1.29, 1.82) is 0 Å². The molecule has 1 aromatic carbocycles. The zero-order valence-corrected chi connectivity index (χ0v) is 15.0. The van der Waals surface area contributed by atoms with Gasteiger partial charge in [0, 0.05) is 41.8 Å². The first kappa shape index (κ1) is 17.3. The van der Waals surface area contributed by atoms with E-state index in [9.17, 15) is 14.4 Å². The third-order valence-electron chi connectivity index (χ3n) is 5.32. The summed E-state index contributed by atoms with van der Waals surface area (Å²) in [5, 5.41) is 0. The van der Waals surface area contributed by atoms with Gasteiger partial charge in [0.25, 0.3) is 0 Å². The molecule has 1 aromatic rings. The number of benzene rings is 1. The van der Waals surface area contributed by atoms with Crippen LogP contribution in [0.2, 0.25) is 0 Å². The molecule has 4 heteroatoms. The molecule has 1 aliphatic carbocycles. The van der Waals surface area contributed by atoms with Crippen molar-refractivity contribution in [2.24, 2.45) is 0 Å². The second-order valence-corrected chi connectivity index (χ2v) is 6.88. The number of carbonyl (C=O) groups is 3. The second-order valence-electron chi connectivity index (χ2n) is 6.88. The third kappa shape index (κ3) is 3.21. The fraction of sp³-hybridized carbons (Fsp3) is 0.381. The Morgan fingerprint density at radius 2 is 1.48 bits per heavy atom. The number of hydrogen-bond donors (Lipinski definition) is 0. The molecular formula is C21H23NO3. The predicted molar refractivity (Wildman–Crippen MR) is 95.6 cm³/mol. The zero-order valence-electron chi connectivity index (χ0n) is 15.0. The van der Waals surface area contributed by atoms with Crippen molar-refractivity contribution in [2.45, 2.75) is 53.1 Å². The van der Waals surface area contributed by atoms with Gasteiger partial charge in [-0.05, 0) is 44.7 Å². The summed E-state index contributed by atoms with van der Waals surface area (Å²) in [5.41, 5.74) is 4.60. The van der Waals surface area contributed by atoms with E-state index in [1.54, 1.807) is 20.8 Å². The second kappa shape index (κ2) is 6.79. The highest BCUT2D eigenvalue weighted by molar-refractivity contribution is 6.24. The van der Waals surface area contributed by atoms with Crippen molar-refractivity contribution < 1.29 is 14.4 Å². The molecule has 0 unspecified atom stereocenters. The molecular weight excluding hydrogens is 314 g/mol. The third-order valence-corrected chi connectivity index (χ3v) is 5.32. The molecule has 1 aliphatic heterocycles. The molecule has 0 saturated carbocycles. The smallest absolute Gasteiger partial charge is 0.223 e. The molecule has 2 aliphatic rings. The van der Waals surface area contributed by atoms with Gasteiger partial charge >= 0.3 is 0 Å². The first-order valence-electron chi connectivity index (χ1n) is 8.71. The number of ketones is 2. The molecule has 3 rings (SSSR count). The van der Waals surface area contributed by atoms with Gasteiger partial charge in [-0.1, -0.05) is 24.3 Å². The lowest BCUT2D eigenvalue weighted by molar-refractivity contribution is -0.132. The SMILES string of the molecule is CC1=C(C)C(=O)C(CCCC(=O)N2Cc3ccccc3C2)=C(C)C1=O. The maximum atomic E-state index is 12.4. The number of rotatable bonds is 4. The zero-order chi connectivity index (χ0) is 18.1. The Kier molecular flexibility index (Phi) is 4.71. The Bertz CT molecular complexity index is 804. The highest BCUT2D eigenvalue weighted by Gasteiger charge is 2.28. The van der Waals surface area contributed by atoms with E-state index in [0.29, 0.717) is 54.6 Å². The first-order valence-corrected chi connectivity index (χ1v) is 8.71. The fourth-order valence-corrected chi connectivity index (χ4v) is 3.54. The topological polar surface area (TPSA) is 54.5 Å². The van der Waals surface area contributed by atoms with Crippen LogP contribution in [0.5, 0.6) is 0 Å². The standard InChI is InChI=1S/C21H23NO3/c1-13-14(2)21(25)18(15(3)20(13)24)9-6-10-19(23)22-11-16-7-4-5-8-17(16)12-22/h4-5,7-8H,6,9-12H2,1-3H3. The van der Waals surface area contributed by atoms with Crippen molar-refractivity contribution in [2.75, 3.05) is 0 Å². The summed E-state index contributed by atoms with van der Waals surface area (Å²) in [6, 6.07) is 8.10. The molecule has 130 valence electrons. The average molecular weight is 337 g/mol. The van der Waals surface area contributed by atoms with Gasteiger partial charge < -0.3 is 4.90 Å². The van der Waals surface area contributed by atoms with Crippen LogP contribution in [0.15, 0.2) is 46.6 Å². The summed E-state index contributed by atoms with van der Waals surface area (Å²) in [6.07, 6.45) is 1.46. The molecule has 0 spiro atoms. The molecule has 25 heavy (non-hydrogen) atoms. The van der Waals surface area contributed by atoms with Gasteiger partial charge in [-0.15, -0.1) is 0 Å². The average Bonchev–Trinajstić information content (AvgIpc) is 3.05. The van der Waals surface area contributed by atoms with E-state index in [4.69, 9.17) is 0 Å². The normalized spacial score (nSPS) is 17.5. The van der Waals surface area contributed by atoms with Crippen molar-refractivity contribution in [3.63, 3.8) is 0 Å². The van der Waals surface area contributed by atoms with Crippen molar-refractivity contribution in [1.82, 2.24) is 4.90 Å². The van der Waals surface area contributed by atoms with E-state index in [1.807, 2.05) is 17.0 Å². The van der Waals surface area contributed by atoms with Crippen LogP contribution in [0, 0.1) is 0 Å². The number of Topliss-reactive ketones (excluding diaryl/α,β-unsaturated/α-hetero) is 2. The summed E-state index contributed by atoms with van der Waals surface area (Å²) in [4.78, 5) is 38.9. The van der Waals surface area contributed by atoms with Crippen LogP contribution >= 0.6 is 0 Å². The molecule has 0 fully saturated rings. The fourth-order valence-electron chi connectivity index (χ4n) is 3.54.